The molecule has 3 aliphatic heterocycles. The van der Waals surface area contributed by atoms with Gasteiger partial charge < -0.3 is 24.4 Å². The van der Waals surface area contributed by atoms with Gasteiger partial charge in [0.2, 0.25) is 5.91 Å². The highest BCUT2D eigenvalue weighted by Gasteiger charge is 2.80. The van der Waals surface area contributed by atoms with Gasteiger partial charge in [-0.25, -0.2) is 0 Å². The summed E-state index contributed by atoms with van der Waals surface area (Å²) in [7, 11) is 0. The molecule has 3 heterocycles. The molecule has 2 bridgehead atoms. The quantitative estimate of drug-likeness (QED) is 0.244. The molecule has 0 radical (unpaired) electrons. The van der Waals surface area contributed by atoms with E-state index in [0.717, 1.165) is 12.8 Å². The van der Waals surface area contributed by atoms with Gasteiger partial charge in [0.15, 0.2) is 0 Å². The number of rotatable bonds is 12. The zero-order valence-corrected chi connectivity index (χ0v) is 22.9. The predicted octanol–water partition coefficient (Wildman–Crippen LogP) is 3.76. The van der Waals surface area contributed by atoms with Crippen molar-refractivity contribution in [3.8, 4) is 0 Å². The Morgan fingerprint density at radius 2 is 1.97 bits per heavy atom. The number of amides is 2. The Kier molecular flexibility index (Phi) is 8.35. The number of carbonyl (C=O) groups is 3. The SMILES string of the molecule is C=CCCCCOC(=O)[C@H]1[C@H]2C(=O)N(CCO)C(C(=O)N(CC=C)c3ccc(Cl)cc3)C23CC(C)[C@]1(C)O3. The van der Waals surface area contributed by atoms with Gasteiger partial charge in [-0.2, -0.15) is 0 Å². The molecular weight excluding hydrogens is 508 g/mol. The molecule has 0 aliphatic carbocycles. The van der Waals surface area contributed by atoms with Crippen LogP contribution in [0, 0.1) is 17.8 Å². The molecule has 0 aromatic heterocycles. The van der Waals surface area contributed by atoms with Gasteiger partial charge >= 0.3 is 5.97 Å². The van der Waals surface area contributed by atoms with Crippen molar-refractivity contribution in [2.24, 2.45) is 17.8 Å². The van der Waals surface area contributed by atoms with Crippen molar-refractivity contribution in [2.75, 3.05) is 31.2 Å². The van der Waals surface area contributed by atoms with Crippen molar-refractivity contribution in [3.05, 3.63) is 54.6 Å². The van der Waals surface area contributed by atoms with Gasteiger partial charge in [-0.1, -0.05) is 30.7 Å². The van der Waals surface area contributed by atoms with Gasteiger partial charge in [0, 0.05) is 23.8 Å². The molecule has 3 unspecified atom stereocenters. The van der Waals surface area contributed by atoms with Gasteiger partial charge in [-0.15, -0.1) is 13.2 Å². The largest absolute Gasteiger partial charge is 0.465 e. The Labute approximate surface area is 229 Å². The van der Waals surface area contributed by atoms with Crippen LogP contribution in [0.25, 0.3) is 0 Å². The number of ether oxygens (including phenoxy) is 2. The molecule has 38 heavy (non-hydrogen) atoms. The van der Waals surface area contributed by atoms with E-state index in [-0.39, 0.29) is 44.0 Å². The highest BCUT2D eigenvalue weighted by Crippen LogP contribution is 2.65. The summed E-state index contributed by atoms with van der Waals surface area (Å²) in [6, 6.07) is 5.82. The van der Waals surface area contributed by atoms with E-state index in [4.69, 9.17) is 21.1 Å². The van der Waals surface area contributed by atoms with E-state index in [2.05, 4.69) is 13.2 Å². The standard InChI is InChI=1S/C29H37ClN2O6/c1-5-7-8-9-17-37-27(36)23-22-25(34)32(15-16-33)24(29(22)18-19(3)28(23,4)38-29)26(35)31(14-6-2)21-12-10-20(30)11-13-21/h5-6,10-13,19,22-24,33H,1-2,7-9,14-18H2,3-4H3/t19?,22-,23+,24?,28-,29?/m0/s1. The third-order valence-electron chi connectivity index (χ3n) is 8.41. The number of halogens is 1. The summed E-state index contributed by atoms with van der Waals surface area (Å²) in [4.78, 5) is 44.6. The van der Waals surface area contributed by atoms with E-state index >= 15 is 0 Å². The van der Waals surface area contributed by atoms with Gasteiger partial charge in [-0.05, 0) is 62.8 Å². The zero-order chi connectivity index (χ0) is 27.7. The Bertz CT molecular complexity index is 1090. The number of benzene rings is 1. The molecule has 2 amide bonds. The number of aliphatic hydroxyl groups excluding tert-OH is 1. The van der Waals surface area contributed by atoms with Crippen molar-refractivity contribution in [3.63, 3.8) is 0 Å². The molecule has 9 heteroatoms. The van der Waals surface area contributed by atoms with Crippen LogP contribution in [-0.4, -0.2) is 71.3 Å². The number of carbonyl (C=O) groups excluding carboxylic acids is 3. The maximum absolute atomic E-state index is 14.3. The van der Waals surface area contributed by atoms with Crippen LogP contribution in [0.5, 0.6) is 0 Å². The fourth-order valence-corrected chi connectivity index (χ4v) is 6.72. The van der Waals surface area contributed by atoms with Crippen molar-refractivity contribution in [2.45, 2.75) is 56.8 Å². The van der Waals surface area contributed by atoms with Gasteiger partial charge in [0.25, 0.3) is 5.91 Å². The van der Waals surface area contributed by atoms with Crippen LogP contribution >= 0.6 is 11.6 Å². The van der Waals surface area contributed by atoms with Crippen LogP contribution in [0.15, 0.2) is 49.6 Å². The molecule has 1 aromatic carbocycles. The first kappa shape index (κ1) is 28.3. The van der Waals surface area contributed by atoms with Gasteiger partial charge in [0.1, 0.15) is 17.6 Å². The van der Waals surface area contributed by atoms with Crippen molar-refractivity contribution in [1.29, 1.82) is 0 Å². The van der Waals surface area contributed by atoms with Crippen molar-refractivity contribution in [1.82, 2.24) is 4.90 Å². The highest BCUT2D eigenvalue weighted by atomic mass is 35.5. The summed E-state index contributed by atoms with van der Waals surface area (Å²) >= 11 is 6.07. The Balaban J connectivity index is 1.71. The van der Waals surface area contributed by atoms with E-state index in [9.17, 15) is 19.5 Å². The molecular formula is C29H37ClN2O6. The number of β-amino-alcohol motifs (C(OH)–C–C–N with tert-alkyl or cyclic N) is 1. The number of likely N-dealkylation sites (tertiary alicyclic amines) is 1. The number of hydrogen-bond donors (Lipinski definition) is 1. The molecule has 1 aromatic rings. The minimum absolute atomic E-state index is 0.0478. The Morgan fingerprint density at radius 1 is 1.26 bits per heavy atom. The number of aliphatic hydroxyl groups is 1. The van der Waals surface area contributed by atoms with Crippen LogP contribution in [0.3, 0.4) is 0 Å². The predicted molar refractivity (Wildman–Crippen MR) is 145 cm³/mol. The highest BCUT2D eigenvalue weighted by molar-refractivity contribution is 6.30. The first-order chi connectivity index (χ1) is 18.2. The fourth-order valence-electron chi connectivity index (χ4n) is 6.60. The minimum Gasteiger partial charge on any atom is -0.465 e. The fraction of sp³-hybridized carbons (Fsp3) is 0.552. The van der Waals surface area contributed by atoms with E-state index < -0.39 is 35.0 Å². The second kappa shape index (κ2) is 11.2. The second-order valence-electron chi connectivity index (χ2n) is 10.6. The topological polar surface area (TPSA) is 96.4 Å². The molecule has 1 spiro atoms. The molecule has 3 aliphatic rings. The lowest BCUT2D eigenvalue weighted by Gasteiger charge is -2.37. The number of unbranched alkanes of at least 4 members (excludes halogenated alkanes) is 2. The Morgan fingerprint density at radius 3 is 2.61 bits per heavy atom. The average molecular weight is 545 g/mol. The summed E-state index contributed by atoms with van der Waals surface area (Å²) in [5.41, 5.74) is -1.57. The lowest BCUT2D eigenvalue weighted by Crippen LogP contribution is -2.57. The first-order valence-corrected chi connectivity index (χ1v) is 13.6. The molecule has 0 saturated carbocycles. The van der Waals surface area contributed by atoms with Crippen LogP contribution < -0.4 is 4.90 Å². The third-order valence-corrected chi connectivity index (χ3v) is 8.66. The molecule has 6 atom stereocenters. The van der Waals surface area contributed by atoms with E-state index in [1.807, 2.05) is 19.9 Å². The molecule has 3 saturated heterocycles. The van der Waals surface area contributed by atoms with Crippen LogP contribution in [0.1, 0.15) is 39.5 Å². The average Bonchev–Trinajstić information content (AvgIpc) is 3.39. The monoisotopic (exact) mass is 544 g/mol. The summed E-state index contributed by atoms with van der Waals surface area (Å²) in [6.07, 6.45) is 6.24. The van der Waals surface area contributed by atoms with Crippen LogP contribution in [0.2, 0.25) is 5.02 Å². The lowest BCUT2D eigenvalue weighted by atomic mass is 9.62. The van der Waals surface area contributed by atoms with Crippen molar-refractivity contribution < 1.29 is 29.0 Å². The summed E-state index contributed by atoms with van der Waals surface area (Å²) in [5.74, 6) is -3.02. The minimum atomic E-state index is -1.21. The maximum Gasteiger partial charge on any atom is 0.312 e. The Hall–Kier alpha value is -2.68. The van der Waals surface area contributed by atoms with E-state index in [1.165, 1.54) is 9.80 Å². The number of anilines is 1. The molecule has 4 rings (SSSR count). The van der Waals surface area contributed by atoms with Crippen LogP contribution in [0.4, 0.5) is 5.69 Å². The second-order valence-corrected chi connectivity index (χ2v) is 11.1. The molecule has 1 N–H and O–H groups in total. The van der Waals surface area contributed by atoms with Crippen LogP contribution in [-0.2, 0) is 23.9 Å². The number of allylic oxidation sites excluding steroid dienone is 1. The first-order valence-electron chi connectivity index (χ1n) is 13.2. The summed E-state index contributed by atoms with van der Waals surface area (Å²) < 4.78 is 12.3. The maximum atomic E-state index is 14.3. The number of esters is 1. The van der Waals surface area contributed by atoms with E-state index in [1.54, 1.807) is 30.3 Å². The zero-order valence-electron chi connectivity index (χ0n) is 22.1. The normalized spacial score (nSPS) is 31.3. The number of nitrogens with zero attached hydrogens (tertiary/aromatic N) is 2. The third kappa shape index (κ3) is 4.56. The van der Waals surface area contributed by atoms with E-state index in [0.29, 0.717) is 23.6 Å². The number of hydrogen-bond acceptors (Lipinski definition) is 6. The summed E-state index contributed by atoms with van der Waals surface area (Å²) in [5, 5.41) is 10.4. The molecule has 8 nitrogen and oxygen atoms in total. The number of fused-ring (bicyclic) bond motifs is 1. The smallest absolute Gasteiger partial charge is 0.312 e. The molecule has 3 fully saturated rings. The summed E-state index contributed by atoms with van der Waals surface area (Å²) in [6.45, 7) is 11.4. The van der Waals surface area contributed by atoms with Crippen molar-refractivity contribution >= 4 is 35.1 Å². The molecule has 206 valence electrons. The lowest BCUT2D eigenvalue weighted by molar-refractivity contribution is -0.161. The van der Waals surface area contributed by atoms with Gasteiger partial charge in [-0.3, -0.25) is 14.4 Å². The van der Waals surface area contributed by atoms with Gasteiger partial charge in [0.05, 0.1) is 24.7 Å².